The smallest absolute Gasteiger partial charge is 0.112 e. The molecule has 1 aromatic rings. The van der Waals surface area contributed by atoms with E-state index >= 15 is 0 Å². The molecule has 1 unspecified atom stereocenters. The fraction of sp³-hybridized carbons (Fsp3) is 0.750. The fourth-order valence-electron chi connectivity index (χ4n) is 1.71. The minimum atomic E-state index is -0.222. The Bertz CT molecular complexity index is 255. The minimum Gasteiger partial charge on any atom is -0.320 e. The van der Waals surface area contributed by atoms with Gasteiger partial charge in [-0.3, -0.25) is 0 Å². The number of nitrogens with two attached hydrogens (primary N) is 1. The first-order valence-corrected chi connectivity index (χ1v) is 6.73. The lowest BCUT2D eigenvalue weighted by molar-refractivity contribution is 0.420. The summed E-state index contributed by atoms with van der Waals surface area (Å²) in [4.78, 5) is 4.30. The van der Waals surface area contributed by atoms with Crippen molar-refractivity contribution in [3.63, 3.8) is 0 Å². The van der Waals surface area contributed by atoms with Crippen LogP contribution in [-0.2, 0) is 5.54 Å². The van der Waals surface area contributed by atoms with Crippen LogP contribution in [0, 0.1) is 0 Å². The maximum absolute atomic E-state index is 6.25. The van der Waals surface area contributed by atoms with E-state index in [1.165, 1.54) is 32.1 Å². The average molecular weight is 226 g/mol. The predicted molar refractivity (Wildman–Crippen MR) is 67.0 cm³/mol. The van der Waals surface area contributed by atoms with Gasteiger partial charge in [0.15, 0.2) is 0 Å². The number of hydrogen-bond acceptors (Lipinski definition) is 3. The third-order valence-electron chi connectivity index (χ3n) is 2.72. The van der Waals surface area contributed by atoms with Gasteiger partial charge in [-0.2, -0.15) is 0 Å². The molecule has 1 atom stereocenters. The maximum Gasteiger partial charge on any atom is 0.112 e. The van der Waals surface area contributed by atoms with Crippen molar-refractivity contribution in [3.05, 3.63) is 16.6 Å². The molecule has 0 bridgehead atoms. The molecule has 1 heterocycles. The Labute approximate surface area is 96.9 Å². The van der Waals surface area contributed by atoms with Crippen LogP contribution in [0.2, 0.25) is 0 Å². The van der Waals surface area contributed by atoms with E-state index in [4.69, 9.17) is 5.73 Å². The SMILES string of the molecule is CCCCCCCC(C)(N)c1nccs1. The molecule has 0 fully saturated rings. The molecular formula is C12H22N2S. The third kappa shape index (κ3) is 4.31. The minimum absolute atomic E-state index is 0.222. The summed E-state index contributed by atoms with van der Waals surface area (Å²) in [6, 6.07) is 0. The molecule has 0 aliphatic rings. The van der Waals surface area contributed by atoms with Crippen LogP contribution in [0.1, 0.15) is 57.4 Å². The number of aromatic nitrogens is 1. The molecule has 1 aromatic heterocycles. The van der Waals surface area contributed by atoms with Crippen LogP contribution in [0.25, 0.3) is 0 Å². The lowest BCUT2D eigenvalue weighted by Gasteiger charge is -2.21. The first kappa shape index (κ1) is 12.7. The Hall–Kier alpha value is -0.410. The van der Waals surface area contributed by atoms with Crippen LogP contribution in [0.4, 0.5) is 0 Å². The molecule has 0 aliphatic carbocycles. The topological polar surface area (TPSA) is 38.9 Å². The fourth-order valence-corrected chi connectivity index (χ4v) is 2.45. The van der Waals surface area contributed by atoms with E-state index in [2.05, 4.69) is 18.8 Å². The maximum atomic E-state index is 6.25. The van der Waals surface area contributed by atoms with Gasteiger partial charge < -0.3 is 5.73 Å². The van der Waals surface area contributed by atoms with E-state index in [1.807, 2.05) is 11.6 Å². The Balaban J connectivity index is 2.25. The van der Waals surface area contributed by atoms with Gasteiger partial charge in [-0.25, -0.2) is 4.98 Å². The summed E-state index contributed by atoms with van der Waals surface area (Å²) in [6.45, 7) is 4.33. The molecule has 3 heteroatoms. The zero-order valence-electron chi connectivity index (χ0n) is 9.83. The molecule has 0 amide bonds. The van der Waals surface area contributed by atoms with E-state index in [9.17, 15) is 0 Å². The summed E-state index contributed by atoms with van der Waals surface area (Å²) < 4.78 is 0. The third-order valence-corrected chi connectivity index (χ3v) is 3.77. The highest BCUT2D eigenvalue weighted by Gasteiger charge is 2.22. The number of unbranched alkanes of at least 4 members (excludes halogenated alkanes) is 4. The highest BCUT2D eigenvalue weighted by molar-refractivity contribution is 7.09. The van der Waals surface area contributed by atoms with E-state index in [-0.39, 0.29) is 5.54 Å². The van der Waals surface area contributed by atoms with Gasteiger partial charge in [0.1, 0.15) is 5.01 Å². The van der Waals surface area contributed by atoms with Crippen LogP contribution in [0.15, 0.2) is 11.6 Å². The van der Waals surface area contributed by atoms with Crippen molar-refractivity contribution in [2.45, 2.75) is 57.9 Å². The lowest BCUT2D eigenvalue weighted by atomic mass is 9.96. The van der Waals surface area contributed by atoms with Gasteiger partial charge in [0.25, 0.3) is 0 Å². The van der Waals surface area contributed by atoms with Crippen LogP contribution in [0.3, 0.4) is 0 Å². The molecule has 2 N–H and O–H groups in total. The van der Waals surface area contributed by atoms with E-state index < -0.39 is 0 Å². The Morgan fingerprint density at radius 1 is 1.33 bits per heavy atom. The summed E-state index contributed by atoms with van der Waals surface area (Å²) in [6.07, 6.45) is 9.38. The van der Waals surface area contributed by atoms with Crippen LogP contribution >= 0.6 is 11.3 Å². The highest BCUT2D eigenvalue weighted by atomic mass is 32.1. The molecule has 0 aromatic carbocycles. The van der Waals surface area contributed by atoms with Crippen LogP contribution < -0.4 is 5.73 Å². The number of rotatable bonds is 7. The molecular weight excluding hydrogens is 204 g/mol. The Morgan fingerprint density at radius 3 is 2.67 bits per heavy atom. The summed E-state index contributed by atoms with van der Waals surface area (Å²) in [5.74, 6) is 0. The highest BCUT2D eigenvalue weighted by Crippen LogP contribution is 2.25. The summed E-state index contributed by atoms with van der Waals surface area (Å²) in [7, 11) is 0. The van der Waals surface area contributed by atoms with Gasteiger partial charge in [0.2, 0.25) is 0 Å². The van der Waals surface area contributed by atoms with Gasteiger partial charge in [0.05, 0.1) is 5.54 Å². The first-order valence-electron chi connectivity index (χ1n) is 5.85. The molecule has 2 nitrogen and oxygen atoms in total. The van der Waals surface area contributed by atoms with Crippen molar-refractivity contribution in [1.82, 2.24) is 4.98 Å². The van der Waals surface area contributed by atoms with Crippen LogP contribution in [0.5, 0.6) is 0 Å². The zero-order valence-corrected chi connectivity index (χ0v) is 10.6. The molecule has 15 heavy (non-hydrogen) atoms. The number of hydrogen-bond donors (Lipinski definition) is 1. The van der Waals surface area contributed by atoms with Crippen molar-refractivity contribution in [2.24, 2.45) is 5.73 Å². The van der Waals surface area contributed by atoms with Crippen molar-refractivity contribution in [2.75, 3.05) is 0 Å². The molecule has 0 spiro atoms. The quantitative estimate of drug-likeness (QED) is 0.720. The zero-order chi connectivity index (χ0) is 11.1. The summed E-state index contributed by atoms with van der Waals surface area (Å²) >= 11 is 1.66. The molecule has 0 saturated carbocycles. The normalized spacial score (nSPS) is 15.1. The largest absolute Gasteiger partial charge is 0.320 e. The molecule has 86 valence electrons. The number of nitrogens with zero attached hydrogens (tertiary/aromatic N) is 1. The lowest BCUT2D eigenvalue weighted by Crippen LogP contribution is -2.32. The van der Waals surface area contributed by atoms with Crippen molar-refractivity contribution < 1.29 is 0 Å². The van der Waals surface area contributed by atoms with Crippen molar-refractivity contribution >= 4 is 11.3 Å². The first-order chi connectivity index (χ1) is 7.17. The molecule has 0 radical (unpaired) electrons. The molecule has 0 saturated heterocycles. The van der Waals surface area contributed by atoms with Gasteiger partial charge in [0, 0.05) is 11.6 Å². The molecule has 0 aliphatic heterocycles. The van der Waals surface area contributed by atoms with Gasteiger partial charge in [-0.1, -0.05) is 39.0 Å². The van der Waals surface area contributed by atoms with Gasteiger partial charge in [-0.05, 0) is 13.3 Å². The van der Waals surface area contributed by atoms with Crippen molar-refractivity contribution in [3.8, 4) is 0 Å². The van der Waals surface area contributed by atoms with Gasteiger partial charge >= 0.3 is 0 Å². The Kier molecular flexibility index (Phi) is 5.26. The van der Waals surface area contributed by atoms with E-state index in [0.29, 0.717) is 0 Å². The Morgan fingerprint density at radius 2 is 2.07 bits per heavy atom. The second kappa shape index (κ2) is 6.23. The summed E-state index contributed by atoms with van der Waals surface area (Å²) in [5.41, 5.74) is 6.02. The standard InChI is InChI=1S/C12H22N2S/c1-3-4-5-6-7-8-12(2,13)11-14-9-10-15-11/h9-10H,3-8,13H2,1-2H3. The second-order valence-electron chi connectivity index (χ2n) is 4.42. The number of thiazole rings is 1. The average Bonchev–Trinajstić information content (AvgIpc) is 2.70. The van der Waals surface area contributed by atoms with Crippen LogP contribution in [-0.4, -0.2) is 4.98 Å². The monoisotopic (exact) mass is 226 g/mol. The van der Waals surface area contributed by atoms with Crippen molar-refractivity contribution in [1.29, 1.82) is 0 Å². The second-order valence-corrected chi connectivity index (χ2v) is 5.31. The van der Waals surface area contributed by atoms with E-state index in [0.717, 1.165) is 11.4 Å². The van der Waals surface area contributed by atoms with E-state index in [1.54, 1.807) is 11.3 Å². The predicted octanol–water partition coefficient (Wildman–Crippen LogP) is 3.68. The molecule has 1 rings (SSSR count). The summed E-state index contributed by atoms with van der Waals surface area (Å²) in [5, 5.41) is 3.07. The van der Waals surface area contributed by atoms with Gasteiger partial charge in [-0.15, -0.1) is 11.3 Å².